The van der Waals surface area contributed by atoms with Crippen molar-refractivity contribution in [1.82, 2.24) is 4.98 Å². The first-order valence-electron chi connectivity index (χ1n) is 5.99. The number of nitrogens with zero attached hydrogens (tertiary/aromatic N) is 1. The lowest BCUT2D eigenvalue weighted by molar-refractivity contribution is 0.102. The molecule has 1 aromatic heterocycles. The van der Waals surface area contributed by atoms with E-state index < -0.39 is 15.9 Å². The molecule has 1 amide bonds. The highest BCUT2D eigenvalue weighted by Crippen LogP contribution is 2.20. The van der Waals surface area contributed by atoms with Crippen LogP contribution in [0.5, 0.6) is 0 Å². The lowest BCUT2D eigenvalue weighted by Gasteiger charge is -2.08. The molecule has 0 aliphatic rings. The van der Waals surface area contributed by atoms with Crippen LogP contribution in [0.4, 0.5) is 5.69 Å². The van der Waals surface area contributed by atoms with Gasteiger partial charge in [-0.05, 0) is 18.7 Å². The van der Waals surface area contributed by atoms with Gasteiger partial charge >= 0.3 is 0 Å². The van der Waals surface area contributed by atoms with E-state index in [1.807, 2.05) is 0 Å². The van der Waals surface area contributed by atoms with Gasteiger partial charge < -0.3 is 11.1 Å². The molecule has 0 saturated carbocycles. The van der Waals surface area contributed by atoms with Gasteiger partial charge in [-0.1, -0.05) is 12.1 Å². The number of carbonyl (C=O) groups is 1. The number of para-hydroxylation sites is 1. The third kappa shape index (κ3) is 3.85. The van der Waals surface area contributed by atoms with Crippen LogP contribution in [0, 0.1) is 0 Å². The first kappa shape index (κ1) is 15.6. The topological polar surface area (TPSA) is 128 Å². The molecule has 0 spiro atoms. The number of rotatable bonds is 5. The van der Waals surface area contributed by atoms with Crippen LogP contribution < -0.4 is 16.2 Å². The number of nitrogens with one attached hydrogen (secondary N) is 1. The Morgan fingerprint density at radius 3 is 2.71 bits per heavy atom. The fourth-order valence-corrected chi connectivity index (χ4v) is 3.15. The molecule has 0 fully saturated rings. The van der Waals surface area contributed by atoms with Crippen LogP contribution in [0.1, 0.15) is 15.5 Å². The third-order valence-electron chi connectivity index (χ3n) is 2.58. The number of primary sulfonamides is 1. The molecule has 0 bridgehead atoms. The van der Waals surface area contributed by atoms with Crippen molar-refractivity contribution in [2.24, 2.45) is 10.9 Å². The average molecular weight is 326 g/mol. The second-order valence-electron chi connectivity index (χ2n) is 4.16. The van der Waals surface area contributed by atoms with Crippen molar-refractivity contribution >= 4 is 33.0 Å². The first-order chi connectivity index (χ1) is 9.91. The van der Waals surface area contributed by atoms with Crippen molar-refractivity contribution < 1.29 is 13.2 Å². The second kappa shape index (κ2) is 6.31. The molecule has 9 heteroatoms. The van der Waals surface area contributed by atoms with Gasteiger partial charge in [0.15, 0.2) is 0 Å². The van der Waals surface area contributed by atoms with Crippen LogP contribution in [0.2, 0.25) is 0 Å². The fourth-order valence-electron chi connectivity index (χ4n) is 1.66. The predicted molar refractivity (Wildman–Crippen MR) is 80.6 cm³/mol. The van der Waals surface area contributed by atoms with Gasteiger partial charge in [-0.2, -0.15) is 0 Å². The van der Waals surface area contributed by atoms with Crippen LogP contribution in [0.15, 0.2) is 34.5 Å². The summed E-state index contributed by atoms with van der Waals surface area (Å²) in [6.45, 7) is 0.447. The molecule has 0 radical (unpaired) electrons. The zero-order chi connectivity index (χ0) is 15.5. The minimum Gasteiger partial charge on any atom is -0.330 e. The minimum absolute atomic E-state index is 0.123. The van der Waals surface area contributed by atoms with Gasteiger partial charge in [-0.25, -0.2) is 18.5 Å². The SMILES string of the molecule is NCCc1nc(C(=O)Nc2ccccc2S(N)(=O)=O)cs1. The van der Waals surface area contributed by atoms with Gasteiger partial charge in [0.2, 0.25) is 10.0 Å². The number of anilines is 1. The van der Waals surface area contributed by atoms with Crippen LogP contribution in [-0.4, -0.2) is 25.9 Å². The van der Waals surface area contributed by atoms with Crippen molar-refractivity contribution in [3.8, 4) is 0 Å². The van der Waals surface area contributed by atoms with E-state index >= 15 is 0 Å². The Hall–Kier alpha value is -1.81. The molecule has 0 atom stereocenters. The molecule has 1 heterocycles. The standard InChI is InChI=1S/C12H14N4O3S2/c13-6-5-11-15-9(7-20-11)12(17)16-8-3-1-2-4-10(8)21(14,18)19/h1-4,7H,5-6,13H2,(H,16,17)(H2,14,18,19). The highest BCUT2D eigenvalue weighted by Gasteiger charge is 2.17. The number of hydrogen-bond donors (Lipinski definition) is 3. The summed E-state index contributed by atoms with van der Waals surface area (Å²) in [6.07, 6.45) is 0.589. The Kier molecular flexibility index (Phi) is 4.68. The third-order valence-corrected chi connectivity index (χ3v) is 4.46. The van der Waals surface area contributed by atoms with E-state index in [9.17, 15) is 13.2 Å². The van der Waals surface area contributed by atoms with Crippen molar-refractivity contribution in [3.63, 3.8) is 0 Å². The number of thiazole rings is 1. The van der Waals surface area contributed by atoms with Gasteiger partial charge in [-0.15, -0.1) is 11.3 Å². The number of sulfonamides is 1. The number of amides is 1. The summed E-state index contributed by atoms with van der Waals surface area (Å²) in [4.78, 5) is 16.1. The molecule has 7 nitrogen and oxygen atoms in total. The maximum atomic E-state index is 12.1. The van der Waals surface area contributed by atoms with Crippen molar-refractivity contribution in [2.75, 3.05) is 11.9 Å². The fraction of sp³-hybridized carbons (Fsp3) is 0.167. The van der Waals surface area contributed by atoms with E-state index in [4.69, 9.17) is 10.9 Å². The van der Waals surface area contributed by atoms with Gasteiger partial charge in [0, 0.05) is 11.8 Å². The summed E-state index contributed by atoms with van der Waals surface area (Å²) < 4.78 is 22.9. The Bertz CT molecular complexity index is 755. The van der Waals surface area contributed by atoms with E-state index in [1.54, 1.807) is 11.4 Å². The summed E-state index contributed by atoms with van der Waals surface area (Å²) in [5, 5.41) is 9.96. The van der Waals surface area contributed by atoms with Crippen molar-refractivity contribution in [3.05, 3.63) is 40.3 Å². The zero-order valence-corrected chi connectivity index (χ0v) is 12.6. The summed E-state index contributed by atoms with van der Waals surface area (Å²) in [5.74, 6) is -0.495. The van der Waals surface area contributed by atoms with Gasteiger partial charge in [0.25, 0.3) is 5.91 Å². The lowest BCUT2D eigenvalue weighted by atomic mass is 10.3. The molecular weight excluding hydrogens is 312 g/mol. The maximum Gasteiger partial charge on any atom is 0.275 e. The van der Waals surface area contributed by atoms with Crippen LogP contribution in [0.3, 0.4) is 0 Å². The molecule has 2 aromatic rings. The number of benzene rings is 1. The summed E-state index contributed by atoms with van der Waals surface area (Å²) in [7, 11) is -3.91. The Labute approximate surface area is 126 Å². The Morgan fingerprint density at radius 2 is 2.05 bits per heavy atom. The minimum atomic E-state index is -3.91. The monoisotopic (exact) mass is 326 g/mol. The molecule has 0 aliphatic carbocycles. The number of nitrogens with two attached hydrogens (primary N) is 2. The van der Waals surface area contributed by atoms with Crippen LogP contribution in [0.25, 0.3) is 0 Å². The summed E-state index contributed by atoms with van der Waals surface area (Å²) in [5.41, 5.74) is 5.76. The molecule has 2 rings (SSSR count). The average Bonchev–Trinajstić information content (AvgIpc) is 2.87. The first-order valence-corrected chi connectivity index (χ1v) is 8.42. The summed E-state index contributed by atoms with van der Waals surface area (Å²) >= 11 is 1.33. The van der Waals surface area contributed by atoms with Crippen molar-refractivity contribution in [1.29, 1.82) is 0 Å². The molecule has 0 unspecified atom stereocenters. The smallest absolute Gasteiger partial charge is 0.275 e. The van der Waals surface area contributed by atoms with Crippen LogP contribution in [-0.2, 0) is 16.4 Å². The van der Waals surface area contributed by atoms with Gasteiger partial charge in [0.05, 0.1) is 10.7 Å². The molecule has 112 valence electrons. The molecule has 5 N–H and O–H groups in total. The Balaban J connectivity index is 2.23. The molecule has 0 saturated heterocycles. The van der Waals surface area contributed by atoms with Crippen LogP contribution >= 0.6 is 11.3 Å². The lowest BCUT2D eigenvalue weighted by Crippen LogP contribution is -2.18. The van der Waals surface area contributed by atoms with E-state index in [1.165, 1.54) is 29.5 Å². The highest BCUT2D eigenvalue weighted by atomic mass is 32.2. The van der Waals surface area contributed by atoms with E-state index in [0.717, 1.165) is 5.01 Å². The number of carbonyl (C=O) groups excluding carboxylic acids is 1. The molecule has 0 aliphatic heterocycles. The quantitative estimate of drug-likeness (QED) is 0.739. The van der Waals surface area contributed by atoms with Crippen molar-refractivity contribution in [2.45, 2.75) is 11.3 Å². The normalized spacial score (nSPS) is 11.3. The maximum absolute atomic E-state index is 12.1. The Morgan fingerprint density at radius 1 is 1.33 bits per heavy atom. The van der Waals surface area contributed by atoms with E-state index in [-0.39, 0.29) is 16.3 Å². The second-order valence-corrected chi connectivity index (χ2v) is 6.63. The number of aromatic nitrogens is 1. The largest absolute Gasteiger partial charge is 0.330 e. The molecular formula is C12H14N4O3S2. The van der Waals surface area contributed by atoms with Gasteiger partial charge in [0.1, 0.15) is 10.6 Å². The zero-order valence-electron chi connectivity index (χ0n) is 10.9. The highest BCUT2D eigenvalue weighted by molar-refractivity contribution is 7.89. The summed E-state index contributed by atoms with van der Waals surface area (Å²) in [6, 6.07) is 5.92. The predicted octanol–water partition coefficient (Wildman–Crippen LogP) is 0.544. The van der Waals surface area contributed by atoms with E-state index in [2.05, 4.69) is 10.3 Å². The van der Waals surface area contributed by atoms with Gasteiger partial charge in [-0.3, -0.25) is 4.79 Å². The molecule has 1 aromatic carbocycles. The van der Waals surface area contributed by atoms with E-state index in [0.29, 0.717) is 13.0 Å². The molecule has 21 heavy (non-hydrogen) atoms. The number of hydrogen-bond acceptors (Lipinski definition) is 6.